The summed E-state index contributed by atoms with van der Waals surface area (Å²) < 4.78 is 33.0. The highest BCUT2D eigenvalue weighted by atomic mass is 16.7. The molecule has 0 aliphatic carbocycles. The summed E-state index contributed by atoms with van der Waals surface area (Å²) in [6.07, 6.45) is -15.0. The van der Waals surface area contributed by atoms with Crippen LogP contribution in [-0.2, 0) is 14.2 Å². The van der Waals surface area contributed by atoms with Gasteiger partial charge < -0.3 is 69.0 Å². The maximum absolute atomic E-state index is 12.8. The number of ether oxygens (including phenoxy) is 5. The number of hydrogen-bond acceptors (Lipinski definition) is 15. The van der Waals surface area contributed by atoms with E-state index in [1.165, 1.54) is 38.3 Å². The van der Waals surface area contributed by atoms with Crippen LogP contribution in [-0.4, -0.2) is 116 Å². The first-order valence-corrected chi connectivity index (χ1v) is 13.3. The number of rotatable bonds is 7. The smallest absolute Gasteiger partial charge is 0.229 e. The average Bonchev–Trinajstić information content (AvgIpc) is 2.97. The highest BCUT2D eigenvalue weighted by Gasteiger charge is 2.47. The summed E-state index contributed by atoms with van der Waals surface area (Å²) in [4.78, 5) is 12.8. The fraction of sp³-hybridized carbons (Fsp3) is 0.464. The summed E-state index contributed by atoms with van der Waals surface area (Å²) in [5.41, 5.74) is -0.307. The van der Waals surface area contributed by atoms with E-state index in [2.05, 4.69) is 0 Å². The molecule has 234 valence electrons. The Kier molecular flexibility index (Phi) is 8.80. The third-order valence-corrected chi connectivity index (χ3v) is 7.40. The number of aromatic hydroxyl groups is 2. The van der Waals surface area contributed by atoms with E-state index in [1.54, 1.807) is 0 Å². The minimum Gasteiger partial charge on any atom is -0.507 e. The van der Waals surface area contributed by atoms with Gasteiger partial charge in [0.1, 0.15) is 71.0 Å². The van der Waals surface area contributed by atoms with Crippen molar-refractivity contribution < 1.29 is 69.0 Å². The van der Waals surface area contributed by atoms with E-state index < -0.39 is 79.2 Å². The molecule has 8 N–H and O–H groups in total. The van der Waals surface area contributed by atoms with Crippen molar-refractivity contribution >= 4 is 11.0 Å². The van der Waals surface area contributed by atoms with Crippen LogP contribution in [0, 0.1) is 0 Å². The zero-order valence-corrected chi connectivity index (χ0v) is 22.9. The molecule has 3 heterocycles. The third kappa shape index (κ3) is 5.99. The maximum atomic E-state index is 12.8. The fourth-order valence-electron chi connectivity index (χ4n) is 4.91. The molecule has 2 aliphatic rings. The summed E-state index contributed by atoms with van der Waals surface area (Å²) in [5.74, 6) is -0.567. The van der Waals surface area contributed by atoms with Crippen LogP contribution in [0.25, 0.3) is 22.3 Å². The summed E-state index contributed by atoms with van der Waals surface area (Å²) in [5, 5.41) is 81.8. The molecule has 2 aromatic carbocycles. The predicted molar refractivity (Wildman–Crippen MR) is 143 cm³/mol. The number of aliphatic hydroxyl groups is 6. The number of phenols is 2. The first-order valence-electron chi connectivity index (χ1n) is 13.3. The minimum atomic E-state index is -1.78. The molecule has 1 aromatic heterocycles. The van der Waals surface area contributed by atoms with Gasteiger partial charge in [-0.1, -0.05) is 0 Å². The molecule has 15 nitrogen and oxygen atoms in total. The molecule has 2 fully saturated rings. The second-order valence-electron chi connectivity index (χ2n) is 10.3. The number of benzene rings is 2. The average molecular weight is 609 g/mol. The number of aliphatic hydroxyl groups excluding tert-OH is 6. The van der Waals surface area contributed by atoms with Crippen molar-refractivity contribution in [3.8, 4) is 34.3 Å². The SMILES string of the molecule is COc1cc(-c2cc(=O)c3c(O)cc(OC4OC(CO[C@H]5OC(C)[C@H](O)[C@H](O)C5O)[C@@H](O)[C@H](O)C4O)cc3o2)ccc1O. The Labute approximate surface area is 243 Å². The Morgan fingerprint density at radius 3 is 2.21 bits per heavy atom. The lowest BCUT2D eigenvalue weighted by atomic mass is 9.98. The molecule has 0 saturated carbocycles. The van der Waals surface area contributed by atoms with Crippen LogP contribution >= 0.6 is 0 Å². The Hall–Kier alpha value is -3.51. The molecule has 0 bridgehead atoms. The summed E-state index contributed by atoms with van der Waals surface area (Å²) in [7, 11) is 1.36. The van der Waals surface area contributed by atoms with Gasteiger partial charge in [0.2, 0.25) is 6.29 Å². The van der Waals surface area contributed by atoms with Gasteiger partial charge in [-0.25, -0.2) is 0 Å². The van der Waals surface area contributed by atoms with Crippen molar-refractivity contribution in [3.63, 3.8) is 0 Å². The number of methoxy groups -OCH3 is 1. The monoisotopic (exact) mass is 608 g/mol. The molecule has 15 heteroatoms. The summed E-state index contributed by atoms with van der Waals surface area (Å²) >= 11 is 0. The van der Waals surface area contributed by atoms with Crippen LogP contribution in [0.5, 0.6) is 23.0 Å². The van der Waals surface area contributed by atoms with Crippen molar-refractivity contribution in [1.29, 1.82) is 0 Å². The minimum absolute atomic E-state index is 0.0798. The van der Waals surface area contributed by atoms with Crippen molar-refractivity contribution in [1.82, 2.24) is 0 Å². The van der Waals surface area contributed by atoms with Crippen molar-refractivity contribution in [2.24, 2.45) is 0 Å². The van der Waals surface area contributed by atoms with Gasteiger partial charge in [0.25, 0.3) is 0 Å². The molecular formula is C28H32O15. The molecule has 2 saturated heterocycles. The topological polar surface area (TPSA) is 238 Å². The Balaban J connectivity index is 1.37. The molecule has 0 radical (unpaired) electrons. The second-order valence-corrected chi connectivity index (χ2v) is 10.3. The molecule has 2 aliphatic heterocycles. The normalized spacial score (nSPS) is 32.9. The number of hydrogen-bond donors (Lipinski definition) is 8. The van der Waals surface area contributed by atoms with Gasteiger partial charge in [0.05, 0.1) is 19.8 Å². The third-order valence-electron chi connectivity index (χ3n) is 7.40. The van der Waals surface area contributed by atoms with Crippen LogP contribution in [0.15, 0.2) is 45.6 Å². The first kappa shape index (κ1) is 30.9. The van der Waals surface area contributed by atoms with E-state index in [0.717, 1.165) is 12.1 Å². The van der Waals surface area contributed by atoms with Crippen LogP contribution in [0.4, 0.5) is 0 Å². The number of phenolic OH excluding ortho intramolecular Hbond substituents is 2. The lowest BCUT2D eigenvalue weighted by Gasteiger charge is -2.42. The quantitative estimate of drug-likeness (QED) is 0.159. The van der Waals surface area contributed by atoms with Crippen molar-refractivity contribution in [2.45, 2.75) is 68.3 Å². The van der Waals surface area contributed by atoms with E-state index in [9.17, 15) is 45.6 Å². The molecule has 5 unspecified atom stereocenters. The maximum Gasteiger partial charge on any atom is 0.229 e. The van der Waals surface area contributed by atoms with Gasteiger partial charge in [-0.2, -0.15) is 0 Å². The van der Waals surface area contributed by atoms with Gasteiger partial charge >= 0.3 is 0 Å². The van der Waals surface area contributed by atoms with Gasteiger partial charge in [-0.15, -0.1) is 0 Å². The fourth-order valence-corrected chi connectivity index (χ4v) is 4.91. The molecule has 43 heavy (non-hydrogen) atoms. The zero-order chi connectivity index (χ0) is 31.2. The lowest BCUT2D eigenvalue weighted by Crippen LogP contribution is -2.61. The lowest BCUT2D eigenvalue weighted by molar-refractivity contribution is -0.318. The van der Waals surface area contributed by atoms with Crippen LogP contribution < -0.4 is 14.9 Å². The summed E-state index contributed by atoms with van der Waals surface area (Å²) in [6.45, 7) is 0.955. The van der Waals surface area contributed by atoms with Crippen LogP contribution in [0.1, 0.15) is 6.92 Å². The first-order chi connectivity index (χ1) is 20.4. The van der Waals surface area contributed by atoms with E-state index in [1.807, 2.05) is 0 Å². The van der Waals surface area contributed by atoms with Crippen LogP contribution in [0.3, 0.4) is 0 Å². The van der Waals surface area contributed by atoms with Crippen LogP contribution in [0.2, 0.25) is 0 Å². The molecule has 10 atom stereocenters. The molecule has 5 rings (SSSR count). The Morgan fingerprint density at radius 2 is 1.49 bits per heavy atom. The van der Waals surface area contributed by atoms with E-state index in [0.29, 0.717) is 5.56 Å². The van der Waals surface area contributed by atoms with E-state index in [4.69, 9.17) is 28.1 Å². The predicted octanol–water partition coefficient (Wildman–Crippen LogP) is -1.09. The molecule has 0 amide bonds. The van der Waals surface area contributed by atoms with Crippen molar-refractivity contribution in [2.75, 3.05) is 13.7 Å². The second kappa shape index (κ2) is 12.2. The standard InChI is InChI=1S/C28H32O15/c1-10-21(32)23(34)25(36)27(40-10)39-9-19-22(33)24(35)26(37)28(43-19)41-12-6-14(30)20-15(31)8-16(42-18(20)7-12)11-3-4-13(29)17(5-11)38-2/h3-8,10,19,21-30,32-37H,9H2,1-2H3/t10?,19?,21-,22+,23-,24-,25?,26?,27-,28?/m0/s1. The Morgan fingerprint density at radius 1 is 0.791 bits per heavy atom. The zero-order valence-electron chi connectivity index (χ0n) is 22.9. The van der Waals surface area contributed by atoms with Gasteiger partial charge in [0, 0.05) is 23.8 Å². The molecule has 0 spiro atoms. The highest BCUT2D eigenvalue weighted by Crippen LogP contribution is 2.35. The number of fused-ring (bicyclic) bond motifs is 1. The van der Waals surface area contributed by atoms with E-state index in [-0.39, 0.29) is 34.0 Å². The van der Waals surface area contributed by atoms with E-state index >= 15 is 0 Å². The molecular weight excluding hydrogens is 576 g/mol. The van der Waals surface area contributed by atoms with Gasteiger partial charge in [-0.05, 0) is 25.1 Å². The largest absolute Gasteiger partial charge is 0.507 e. The highest BCUT2D eigenvalue weighted by molar-refractivity contribution is 5.86. The van der Waals surface area contributed by atoms with Gasteiger partial charge in [0.15, 0.2) is 23.2 Å². The van der Waals surface area contributed by atoms with Crippen molar-refractivity contribution in [3.05, 3.63) is 46.6 Å². The summed E-state index contributed by atoms with van der Waals surface area (Å²) in [6, 6.07) is 7.76. The molecule has 3 aromatic rings. The van der Waals surface area contributed by atoms with Gasteiger partial charge in [-0.3, -0.25) is 4.79 Å². The Bertz CT molecular complexity index is 1510.